The lowest BCUT2D eigenvalue weighted by Crippen LogP contribution is -2.23. The molecule has 1 aromatic heterocycles. The molecule has 1 unspecified atom stereocenters. The highest BCUT2D eigenvalue weighted by Crippen LogP contribution is 2.35. The standard InChI is InChI=1S/C13H16N4O2/c14-11(7-8-1-5-10(18)6-2-8)12-15-16-13(19)17(12)9-3-4-9/h1-2,5-6,9,11,18H,3-4,7,14H2,(H,16,19). The van der Waals surface area contributed by atoms with E-state index < -0.39 is 0 Å². The van der Waals surface area contributed by atoms with Gasteiger partial charge in [-0.25, -0.2) is 9.89 Å². The number of benzene rings is 1. The van der Waals surface area contributed by atoms with E-state index in [4.69, 9.17) is 5.73 Å². The van der Waals surface area contributed by atoms with E-state index >= 15 is 0 Å². The summed E-state index contributed by atoms with van der Waals surface area (Å²) < 4.78 is 1.67. The molecule has 6 nitrogen and oxygen atoms in total. The Bertz CT molecular complexity index is 625. The number of rotatable bonds is 4. The number of aromatic amines is 1. The van der Waals surface area contributed by atoms with E-state index in [9.17, 15) is 9.90 Å². The first-order valence-corrected chi connectivity index (χ1v) is 6.35. The number of nitrogens with one attached hydrogen (secondary N) is 1. The molecule has 1 fully saturated rings. The Labute approximate surface area is 109 Å². The van der Waals surface area contributed by atoms with Crippen molar-refractivity contribution >= 4 is 0 Å². The van der Waals surface area contributed by atoms with Gasteiger partial charge in [0.25, 0.3) is 0 Å². The second-order valence-electron chi connectivity index (χ2n) is 4.97. The molecule has 2 aromatic rings. The van der Waals surface area contributed by atoms with Crippen molar-refractivity contribution in [3.63, 3.8) is 0 Å². The number of nitrogens with two attached hydrogens (primary N) is 1. The maximum atomic E-state index is 11.7. The highest BCUT2D eigenvalue weighted by molar-refractivity contribution is 5.26. The van der Waals surface area contributed by atoms with Gasteiger partial charge in [0.1, 0.15) is 5.75 Å². The van der Waals surface area contributed by atoms with Crippen LogP contribution in [0.4, 0.5) is 0 Å². The molecule has 1 aromatic carbocycles. The van der Waals surface area contributed by atoms with Gasteiger partial charge in [-0.3, -0.25) is 4.57 Å². The average molecular weight is 260 g/mol. The van der Waals surface area contributed by atoms with E-state index in [-0.39, 0.29) is 23.5 Å². The topological polar surface area (TPSA) is 96.9 Å². The first kappa shape index (κ1) is 12.0. The van der Waals surface area contributed by atoms with Gasteiger partial charge in [0.05, 0.1) is 6.04 Å². The molecule has 0 bridgehead atoms. The molecule has 19 heavy (non-hydrogen) atoms. The maximum Gasteiger partial charge on any atom is 0.343 e. The third kappa shape index (κ3) is 2.39. The van der Waals surface area contributed by atoms with E-state index in [0.29, 0.717) is 12.2 Å². The number of aromatic hydroxyl groups is 1. The summed E-state index contributed by atoms with van der Waals surface area (Å²) in [6.07, 6.45) is 2.61. The molecule has 0 radical (unpaired) electrons. The van der Waals surface area contributed by atoms with Crippen LogP contribution in [0.3, 0.4) is 0 Å². The Balaban J connectivity index is 1.82. The van der Waals surface area contributed by atoms with E-state index in [1.165, 1.54) is 0 Å². The number of nitrogens with zero attached hydrogens (tertiary/aromatic N) is 2. The van der Waals surface area contributed by atoms with Crippen LogP contribution in [0, 0.1) is 0 Å². The summed E-state index contributed by atoms with van der Waals surface area (Å²) in [6, 6.07) is 6.82. The van der Waals surface area contributed by atoms with Crippen molar-refractivity contribution in [2.75, 3.05) is 0 Å². The molecule has 0 spiro atoms. The van der Waals surface area contributed by atoms with Crippen molar-refractivity contribution in [2.24, 2.45) is 5.73 Å². The van der Waals surface area contributed by atoms with Gasteiger partial charge in [-0.2, -0.15) is 5.10 Å². The normalized spacial score (nSPS) is 16.5. The lowest BCUT2D eigenvalue weighted by Gasteiger charge is -2.12. The first-order valence-electron chi connectivity index (χ1n) is 6.35. The van der Waals surface area contributed by atoms with E-state index in [1.54, 1.807) is 16.7 Å². The predicted molar refractivity (Wildman–Crippen MR) is 69.9 cm³/mol. The number of phenols is 1. The highest BCUT2D eigenvalue weighted by Gasteiger charge is 2.30. The first-order chi connectivity index (χ1) is 9.15. The van der Waals surface area contributed by atoms with E-state index in [1.807, 2.05) is 12.1 Å². The maximum absolute atomic E-state index is 11.7. The van der Waals surface area contributed by atoms with Gasteiger partial charge in [0, 0.05) is 6.04 Å². The van der Waals surface area contributed by atoms with Crippen LogP contribution in [0.25, 0.3) is 0 Å². The lowest BCUT2D eigenvalue weighted by molar-refractivity contribution is 0.475. The van der Waals surface area contributed by atoms with E-state index in [2.05, 4.69) is 10.2 Å². The average Bonchev–Trinajstić information content (AvgIpc) is 3.15. The van der Waals surface area contributed by atoms with Crippen LogP contribution >= 0.6 is 0 Å². The van der Waals surface area contributed by atoms with Crippen molar-refractivity contribution in [3.8, 4) is 5.75 Å². The van der Waals surface area contributed by atoms with Crippen LogP contribution in [0.2, 0.25) is 0 Å². The smallest absolute Gasteiger partial charge is 0.343 e. The Morgan fingerprint density at radius 1 is 1.42 bits per heavy atom. The Hall–Kier alpha value is -2.08. The van der Waals surface area contributed by atoms with Gasteiger partial charge in [-0.05, 0) is 37.0 Å². The van der Waals surface area contributed by atoms with Crippen molar-refractivity contribution < 1.29 is 5.11 Å². The monoisotopic (exact) mass is 260 g/mol. The summed E-state index contributed by atoms with van der Waals surface area (Å²) in [7, 11) is 0. The third-order valence-electron chi connectivity index (χ3n) is 3.37. The fourth-order valence-corrected chi connectivity index (χ4v) is 2.24. The summed E-state index contributed by atoms with van der Waals surface area (Å²) in [4.78, 5) is 11.7. The van der Waals surface area contributed by atoms with Crippen LogP contribution in [-0.4, -0.2) is 19.9 Å². The predicted octanol–water partition coefficient (Wildman–Crippen LogP) is 0.854. The van der Waals surface area contributed by atoms with Crippen molar-refractivity contribution in [1.29, 1.82) is 0 Å². The van der Waals surface area contributed by atoms with Gasteiger partial charge in [-0.15, -0.1) is 0 Å². The summed E-state index contributed by atoms with van der Waals surface area (Å²) >= 11 is 0. The fourth-order valence-electron chi connectivity index (χ4n) is 2.24. The third-order valence-corrected chi connectivity index (χ3v) is 3.37. The van der Waals surface area contributed by atoms with Crippen LogP contribution in [0.5, 0.6) is 5.75 Å². The van der Waals surface area contributed by atoms with Gasteiger partial charge >= 0.3 is 5.69 Å². The molecule has 0 saturated heterocycles. The summed E-state index contributed by atoms with van der Waals surface area (Å²) in [5.74, 6) is 0.840. The zero-order valence-corrected chi connectivity index (χ0v) is 10.4. The van der Waals surface area contributed by atoms with Crippen LogP contribution < -0.4 is 11.4 Å². The molecule has 3 rings (SSSR count). The Morgan fingerprint density at radius 3 is 2.74 bits per heavy atom. The second-order valence-corrected chi connectivity index (χ2v) is 4.97. The fraction of sp³-hybridized carbons (Fsp3) is 0.385. The Kier molecular flexibility index (Phi) is 2.87. The van der Waals surface area contributed by atoms with Gasteiger partial charge < -0.3 is 10.8 Å². The minimum atomic E-state index is -0.330. The minimum absolute atomic E-state index is 0.182. The quantitative estimate of drug-likeness (QED) is 0.759. The number of aromatic nitrogens is 3. The van der Waals surface area contributed by atoms with Gasteiger partial charge in [-0.1, -0.05) is 12.1 Å². The van der Waals surface area contributed by atoms with Crippen LogP contribution in [0.1, 0.15) is 36.3 Å². The second kappa shape index (κ2) is 4.55. The molecule has 0 aliphatic heterocycles. The van der Waals surface area contributed by atoms with Gasteiger partial charge in [0.15, 0.2) is 5.82 Å². The zero-order chi connectivity index (χ0) is 13.4. The van der Waals surface area contributed by atoms with Crippen molar-refractivity contribution in [3.05, 3.63) is 46.1 Å². The van der Waals surface area contributed by atoms with Crippen molar-refractivity contribution in [1.82, 2.24) is 14.8 Å². The summed E-state index contributed by atoms with van der Waals surface area (Å²) in [5.41, 5.74) is 6.96. The van der Waals surface area contributed by atoms with Gasteiger partial charge in [0.2, 0.25) is 0 Å². The molecule has 1 atom stereocenters. The highest BCUT2D eigenvalue weighted by atomic mass is 16.3. The summed E-state index contributed by atoms with van der Waals surface area (Å²) in [6.45, 7) is 0. The number of H-pyrrole nitrogens is 1. The molecule has 4 N–H and O–H groups in total. The molecule has 1 aliphatic rings. The lowest BCUT2D eigenvalue weighted by atomic mass is 10.1. The minimum Gasteiger partial charge on any atom is -0.508 e. The van der Waals surface area contributed by atoms with Crippen LogP contribution in [0.15, 0.2) is 29.1 Å². The molecule has 1 aliphatic carbocycles. The molecule has 100 valence electrons. The molecule has 6 heteroatoms. The molecule has 0 amide bonds. The molecular formula is C13H16N4O2. The number of hydrogen-bond acceptors (Lipinski definition) is 4. The zero-order valence-electron chi connectivity index (χ0n) is 10.4. The SMILES string of the molecule is NC(Cc1ccc(O)cc1)c1n[nH]c(=O)n1C1CC1. The van der Waals surface area contributed by atoms with E-state index in [0.717, 1.165) is 18.4 Å². The largest absolute Gasteiger partial charge is 0.508 e. The van der Waals surface area contributed by atoms with Crippen LogP contribution in [-0.2, 0) is 6.42 Å². The molecule has 1 heterocycles. The Morgan fingerprint density at radius 2 is 2.11 bits per heavy atom. The molecular weight excluding hydrogens is 244 g/mol. The van der Waals surface area contributed by atoms with Crippen molar-refractivity contribution in [2.45, 2.75) is 31.3 Å². The number of hydrogen-bond donors (Lipinski definition) is 3. The summed E-state index contributed by atoms with van der Waals surface area (Å²) in [5, 5.41) is 15.8. The molecule has 1 saturated carbocycles. The number of phenolic OH excluding ortho intramolecular Hbond substituents is 1.